The molecule has 0 radical (unpaired) electrons. The molecule has 0 aromatic carbocycles. The van der Waals surface area contributed by atoms with Crippen molar-refractivity contribution in [2.45, 2.75) is 45.8 Å². The van der Waals surface area contributed by atoms with E-state index in [4.69, 9.17) is 4.52 Å². The van der Waals surface area contributed by atoms with E-state index < -0.39 is 0 Å². The summed E-state index contributed by atoms with van der Waals surface area (Å²) in [6.45, 7) is 7.72. The third-order valence-corrected chi connectivity index (χ3v) is 4.64. The Labute approximate surface area is 141 Å². The summed E-state index contributed by atoms with van der Waals surface area (Å²) in [7, 11) is 0. The molecule has 0 unspecified atom stereocenters. The summed E-state index contributed by atoms with van der Waals surface area (Å²) in [4.78, 5) is 24.7. The fraction of sp³-hybridized carbons (Fsp3) is 0.529. The average molecular weight is 329 g/mol. The maximum atomic E-state index is 12.1. The highest BCUT2D eigenvalue weighted by Crippen LogP contribution is 2.26. The van der Waals surface area contributed by atoms with Crippen molar-refractivity contribution in [3.8, 4) is 0 Å². The van der Waals surface area contributed by atoms with Crippen molar-refractivity contribution in [1.82, 2.24) is 24.9 Å². The summed E-state index contributed by atoms with van der Waals surface area (Å²) in [5.41, 5.74) is 1.20. The summed E-state index contributed by atoms with van der Waals surface area (Å²) < 4.78 is 5.01. The molecule has 0 saturated carbocycles. The van der Waals surface area contributed by atoms with Gasteiger partial charge in [0.25, 0.3) is 0 Å². The van der Waals surface area contributed by atoms with Crippen LogP contribution in [0.25, 0.3) is 0 Å². The third kappa shape index (κ3) is 3.62. The Balaban J connectivity index is 1.67. The Morgan fingerprint density at radius 1 is 1.54 bits per heavy atom. The second-order valence-corrected chi connectivity index (χ2v) is 6.28. The first-order chi connectivity index (χ1) is 11.5. The van der Waals surface area contributed by atoms with Crippen molar-refractivity contribution in [3.63, 3.8) is 0 Å². The standard InChI is InChI=1S/C17H23N5O2/c1-12(15-5-4-7-18-9-15)21-8-6-16(10-21)22(14(3)23)11-17-19-13(2)24-20-17/h4-5,7,9,12,16H,6,8,10-11H2,1-3H3/t12-,16-/m0/s1. The molecular weight excluding hydrogens is 306 g/mol. The van der Waals surface area contributed by atoms with Crippen LogP contribution in [0.2, 0.25) is 0 Å². The number of carbonyl (C=O) groups excluding carboxylic acids is 1. The van der Waals surface area contributed by atoms with E-state index in [2.05, 4.69) is 33.0 Å². The first-order valence-electron chi connectivity index (χ1n) is 8.25. The van der Waals surface area contributed by atoms with Crippen LogP contribution in [-0.2, 0) is 11.3 Å². The van der Waals surface area contributed by atoms with Crippen LogP contribution in [0.1, 0.15) is 43.6 Å². The van der Waals surface area contributed by atoms with Crippen LogP contribution in [-0.4, -0.2) is 50.0 Å². The molecule has 3 rings (SSSR count). The van der Waals surface area contributed by atoms with Gasteiger partial charge in [0.15, 0.2) is 5.82 Å². The molecular formula is C17H23N5O2. The molecule has 1 aliphatic heterocycles. The number of amides is 1. The van der Waals surface area contributed by atoms with E-state index in [0.717, 1.165) is 19.5 Å². The molecule has 7 nitrogen and oxygen atoms in total. The number of rotatable bonds is 5. The van der Waals surface area contributed by atoms with Gasteiger partial charge in [0, 0.05) is 51.4 Å². The number of nitrogens with zero attached hydrogens (tertiary/aromatic N) is 5. The molecule has 0 bridgehead atoms. The van der Waals surface area contributed by atoms with Gasteiger partial charge in [0.2, 0.25) is 11.8 Å². The van der Waals surface area contributed by atoms with Crippen LogP contribution in [0, 0.1) is 6.92 Å². The topological polar surface area (TPSA) is 75.4 Å². The first kappa shape index (κ1) is 16.6. The van der Waals surface area contributed by atoms with Gasteiger partial charge in [-0.05, 0) is 25.0 Å². The van der Waals surface area contributed by atoms with Crippen molar-refractivity contribution in [1.29, 1.82) is 0 Å². The van der Waals surface area contributed by atoms with Crippen LogP contribution in [0.5, 0.6) is 0 Å². The lowest BCUT2D eigenvalue weighted by Crippen LogP contribution is -2.40. The molecule has 1 amide bonds. The number of hydrogen-bond donors (Lipinski definition) is 0. The van der Waals surface area contributed by atoms with E-state index >= 15 is 0 Å². The van der Waals surface area contributed by atoms with Gasteiger partial charge in [-0.1, -0.05) is 11.2 Å². The summed E-state index contributed by atoms with van der Waals surface area (Å²) in [5.74, 6) is 1.12. The van der Waals surface area contributed by atoms with Gasteiger partial charge in [0.1, 0.15) is 0 Å². The zero-order chi connectivity index (χ0) is 17.1. The largest absolute Gasteiger partial charge is 0.340 e. The highest BCUT2D eigenvalue weighted by atomic mass is 16.5. The van der Waals surface area contributed by atoms with Gasteiger partial charge >= 0.3 is 0 Å². The molecule has 2 aromatic rings. The summed E-state index contributed by atoms with van der Waals surface area (Å²) in [6.07, 6.45) is 4.64. The number of aromatic nitrogens is 3. The average Bonchev–Trinajstić information content (AvgIpc) is 3.21. The van der Waals surface area contributed by atoms with E-state index in [1.54, 1.807) is 20.0 Å². The van der Waals surface area contributed by atoms with Gasteiger partial charge in [-0.25, -0.2) is 0 Å². The minimum atomic E-state index is 0.0401. The van der Waals surface area contributed by atoms with Crippen molar-refractivity contribution < 1.29 is 9.32 Å². The Kier molecular flexibility index (Phi) is 4.89. The van der Waals surface area contributed by atoms with Gasteiger partial charge in [0.05, 0.1) is 6.54 Å². The predicted octanol–water partition coefficient (Wildman–Crippen LogP) is 1.96. The number of carbonyl (C=O) groups is 1. The fourth-order valence-corrected chi connectivity index (χ4v) is 3.26. The number of likely N-dealkylation sites (tertiary alicyclic amines) is 1. The number of aryl methyl sites for hydroxylation is 1. The van der Waals surface area contributed by atoms with Crippen molar-refractivity contribution in [2.24, 2.45) is 0 Å². The maximum Gasteiger partial charge on any atom is 0.223 e. The highest BCUT2D eigenvalue weighted by Gasteiger charge is 2.32. The molecule has 0 N–H and O–H groups in total. The van der Waals surface area contributed by atoms with Crippen LogP contribution in [0.4, 0.5) is 0 Å². The summed E-state index contributed by atoms with van der Waals surface area (Å²) in [6, 6.07) is 4.50. The van der Waals surface area contributed by atoms with E-state index in [1.807, 2.05) is 17.2 Å². The fourth-order valence-electron chi connectivity index (χ4n) is 3.26. The first-order valence-corrected chi connectivity index (χ1v) is 8.25. The Morgan fingerprint density at radius 3 is 3.00 bits per heavy atom. The number of hydrogen-bond acceptors (Lipinski definition) is 6. The molecule has 1 saturated heterocycles. The molecule has 2 atom stereocenters. The molecule has 7 heteroatoms. The van der Waals surface area contributed by atoms with E-state index in [0.29, 0.717) is 18.3 Å². The molecule has 2 aromatic heterocycles. The quantitative estimate of drug-likeness (QED) is 0.835. The molecule has 1 fully saturated rings. The van der Waals surface area contributed by atoms with Gasteiger partial charge < -0.3 is 9.42 Å². The molecule has 1 aliphatic rings. The minimum absolute atomic E-state index is 0.0401. The summed E-state index contributed by atoms with van der Waals surface area (Å²) >= 11 is 0. The Morgan fingerprint density at radius 2 is 2.38 bits per heavy atom. The van der Waals surface area contributed by atoms with E-state index in [1.165, 1.54) is 5.56 Å². The van der Waals surface area contributed by atoms with Gasteiger partial charge in [-0.3, -0.25) is 14.7 Å². The Hall–Kier alpha value is -2.28. The maximum absolute atomic E-state index is 12.1. The smallest absolute Gasteiger partial charge is 0.223 e. The molecule has 0 aliphatic carbocycles. The highest BCUT2D eigenvalue weighted by molar-refractivity contribution is 5.73. The molecule has 24 heavy (non-hydrogen) atoms. The van der Waals surface area contributed by atoms with Gasteiger partial charge in [-0.2, -0.15) is 4.98 Å². The molecule has 3 heterocycles. The third-order valence-electron chi connectivity index (χ3n) is 4.64. The lowest BCUT2D eigenvalue weighted by molar-refractivity contribution is -0.131. The Bertz CT molecular complexity index is 687. The predicted molar refractivity (Wildman–Crippen MR) is 87.9 cm³/mol. The van der Waals surface area contributed by atoms with Gasteiger partial charge in [-0.15, -0.1) is 0 Å². The zero-order valence-electron chi connectivity index (χ0n) is 14.3. The van der Waals surface area contributed by atoms with Crippen LogP contribution < -0.4 is 0 Å². The van der Waals surface area contributed by atoms with E-state index in [9.17, 15) is 4.79 Å². The molecule has 128 valence electrons. The van der Waals surface area contributed by atoms with Crippen LogP contribution in [0.15, 0.2) is 29.0 Å². The van der Waals surface area contributed by atoms with Crippen molar-refractivity contribution >= 4 is 5.91 Å². The second-order valence-electron chi connectivity index (χ2n) is 6.28. The summed E-state index contributed by atoms with van der Waals surface area (Å²) in [5, 5.41) is 3.91. The SMILES string of the molecule is CC(=O)N(Cc1noc(C)n1)[C@H]1CCN([C@@H](C)c2cccnc2)C1. The molecule has 0 spiro atoms. The normalized spacial score (nSPS) is 19.4. The van der Waals surface area contributed by atoms with E-state index in [-0.39, 0.29) is 18.0 Å². The number of pyridine rings is 1. The van der Waals surface area contributed by atoms with Crippen LogP contribution >= 0.6 is 0 Å². The minimum Gasteiger partial charge on any atom is -0.340 e. The zero-order valence-corrected chi connectivity index (χ0v) is 14.3. The second kappa shape index (κ2) is 7.09. The monoisotopic (exact) mass is 329 g/mol. The lowest BCUT2D eigenvalue weighted by Gasteiger charge is -2.29. The van der Waals surface area contributed by atoms with Crippen LogP contribution in [0.3, 0.4) is 0 Å². The van der Waals surface area contributed by atoms with Crippen molar-refractivity contribution in [3.05, 3.63) is 41.8 Å². The lowest BCUT2D eigenvalue weighted by atomic mass is 10.1. The van der Waals surface area contributed by atoms with Crippen molar-refractivity contribution in [2.75, 3.05) is 13.1 Å².